The van der Waals surface area contributed by atoms with Gasteiger partial charge in [-0.1, -0.05) is 68.8 Å². The molecule has 0 saturated heterocycles. The molecule has 0 fully saturated rings. The number of ether oxygens (including phenoxy) is 1. The van der Waals surface area contributed by atoms with Crippen molar-refractivity contribution in [3.63, 3.8) is 0 Å². The smallest absolute Gasteiger partial charge is 0.255 e. The van der Waals surface area contributed by atoms with Crippen LogP contribution < -0.4 is 15.4 Å². The van der Waals surface area contributed by atoms with Gasteiger partial charge in [0.05, 0.1) is 13.2 Å². The molecule has 0 aliphatic carbocycles. The summed E-state index contributed by atoms with van der Waals surface area (Å²) < 4.78 is 5.21. The predicted molar refractivity (Wildman–Crippen MR) is 156 cm³/mol. The third-order valence-electron chi connectivity index (χ3n) is 8.57. The highest BCUT2D eigenvalue weighted by molar-refractivity contribution is 6.04. The molecule has 0 radical (unpaired) electrons. The van der Waals surface area contributed by atoms with Crippen LogP contribution in [0.2, 0.25) is 0 Å². The molecular weight excluding hydrogens is 516 g/mol. The first-order valence-corrected chi connectivity index (χ1v) is 14.1. The topological polar surface area (TPSA) is 104 Å². The Kier molecular flexibility index (Phi) is 6.99. The van der Waals surface area contributed by atoms with Crippen molar-refractivity contribution >= 4 is 28.6 Å². The van der Waals surface area contributed by atoms with E-state index in [-0.39, 0.29) is 23.6 Å². The maximum Gasteiger partial charge on any atom is 0.255 e. The van der Waals surface area contributed by atoms with Crippen molar-refractivity contribution < 1.29 is 19.1 Å². The lowest BCUT2D eigenvalue weighted by atomic mass is 9.89. The number of fused-ring (bicyclic) bond motifs is 7. The Bertz CT molecular complexity index is 1630. The van der Waals surface area contributed by atoms with Gasteiger partial charge in [-0.2, -0.15) is 0 Å². The summed E-state index contributed by atoms with van der Waals surface area (Å²) >= 11 is 0. The van der Waals surface area contributed by atoms with Gasteiger partial charge >= 0.3 is 0 Å². The number of carbonyl (C=O) groups is 3. The fourth-order valence-electron chi connectivity index (χ4n) is 6.13. The molecule has 1 aromatic heterocycles. The summed E-state index contributed by atoms with van der Waals surface area (Å²) in [4.78, 5) is 46.5. The van der Waals surface area contributed by atoms with E-state index < -0.39 is 18.1 Å². The van der Waals surface area contributed by atoms with E-state index in [1.165, 1.54) is 0 Å². The number of nitrogens with zero attached hydrogens (tertiary/aromatic N) is 1. The number of hydrogen-bond acceptors (Lipinski definition) is 4. The van der Waals surface area contributed by atoms with E-state index >= 15 is 0 Å². The summed E-state index contributed by atoms with van der Waals surface area (Å²) in [5.74, 6) is -0.104. The van der Waals surface area contributed by atoms with Crippen LogP contribution in [0.3, 0.4) is 0 Å². The summed E-state index contributed by atoms with van der Waals surface area (Å²) in [5.41, 5.74) is 5.39. The van der Waals surface area contributed by atoms with Crippen molar-refractivity contribution in [1.29, 1.82) is 0 Å². The molecular formula is C33H34N4O4. The zero-order valence-electron chi connectivity index (χ0n) is 23.4. The summed E-state index contributed by atoms with van der Waals surface area (Å²) in [7, 11) is 1.61. The second-order valence-electron chi connectivity index (χ2n) is 10.9. The number of methoxy groups -OCH3 is 1. The Morgan fingerprint density at radius 3 is 2.54 bits per heavy atom. The van der Waals surface area contributed by atoms with E-state index in [9.17, 15) is 14.4 Å². The molecule has 210 valence electrons. The minimum Gasteiger partial charge on any atom is -0.497 e. The summed E-state index contributed by atoms with van der Waals surface area (Å²) in [6.45, 7) is 4.28. The van der Waals surface area contributed by atoms with Crippen LogP contribution in [0.4, 0.5) is 0 Å². The highest BCUT2D eigenvalue weighted by Crippen LogP contribution is 2.46. The molecule has 6 rings (SSSR count). The maximum atomic E-state index is 14.1. The standard InChI is InChI=1S/C33H34N4O4/c1-4-19(2)28(32(39)34-18-20-13-15-21(41-3)16-14-20)36-31(38)27-17-25-22-9-7-8-12-26(22)35-29(25)30-23-10-5-6-11-24(23)33(40)37(27)30/h5-16,19,27-28,30,35H,4,17-18H2,1-3H3,(H,34,39)(H,36,38)/t19-,27-,28-,30+/m0/s1. The van der Waals surface area contributed by atoms with E-state index in [1.807, 2.05) is 86.6 Å². The number of para-hydroxylation sites is 1. The number of aromatic nitrogens is 1. The van der Waals surface area contributed by atoms with E-state index in [0.29, 0.717) is 24.9 Å². The molecule has 3 heterocycles. The van der Waals surface area contributed by atoms with Crippen LogP contribution in [-0.2, 0) is 22.6 Å². The zero-order chi connectivity index (χ0) is 28.7. The van der Waals surface area contributed by atoms with E-state index in [4.69, 9.17) is 4.74 Å². The maximum absolute atomic E-state index is 14.1. The molecule has 3 N–H and O–H groups in total. The van der Waals surface area contributed by atoms with Gasteiger partial charge in [-0.15, -0.1) is 0 Å². The van der Waals surface area contributed by atoms with Crippen LogP contribution in [0.25, 0.3) is 10.9 Å². The second-order valence-corrected chi connectivity index (χ2v) is 10.9. The molecule has 8 heteroatoms. The average molecular weight is 551 g/mol. The van der Waals surface area contributed by atoms with Gasteiger partial charge in [-0.25, -0.2) is 0 Å². The Morgan fingerprint density at radius 1 is 1.05 bits per heavy atom. The Hall–Kier alpha value is -4.59. The summed E-state index contributed by atoms with van der Waals surface area (Å²) in [6, 6.07) is 21.2. The largest absolute Gasteiger partial charge is 0.497 e. The molecule has 2 aliphatic rings. The van der Waals surface area contributed by atoms with Gasteiger partial charge in [-0.05, 0) is 46.9 Å². The van der Waals surface area contributed by atoms with Crippen LogP contribution in [0.15, 0.2) is 72.8 Å². The van der Waals surface area contributed by atoms with Crippen LogP contribution in [-0.4, -0.2) is 46.8 Å². The lowest BCUT2D eigenvalue weighted by Crippen LogP contribution is -2.58. The number of rotatable bonds is 8. The Labute approximate surface area is 239 Å². The molecule has 0 unspecified atom stereocenters. The van der Waals surface area contributed by atoms with Gasteiger partial charge in [0.2, 0.25) is 11.8 Å². The molecule has 0 spiro atoms. The van der Waals surface area contributed by atoms with E-state index in [1.54, 1.807) is 12.0 Å². The molecule has 41 heavy (non-hydrogen) atoms. The molecule has 8 nitrogen and oxygen atoms in total. The minimum absolute atomic E-state index is 0.107. The Morgan fingerprint density at radius 2 is 1.78 bits per heavy atom. The fourth-order valence-corrected chi connectivity index (χ4v) is 6.13. The lowest BCUT2D eigenvalue weighted by molar-refractivity contribution is -0.133. The highest BCUT2D eigenvalue weighted by atomic mass is 16.5. The van der Waals surface area contributed by atoms with Crippen LogP contribution >= 0.6 is 0 Å². The molecule has 0 bridgehead atoms. The predicted octanol–water partition coefficient (Wildman–Crippen LogP) is 4.49. The van der Waals surface area contributed by atoms with Crippen molar-refractivity contribution in [3.8, 4) is 5.75 Å². The molecule has 0 saturated carbocycles. The number of benzene rings is 3. The van der Waals surface area contributed by atoms with E-state index in [2.05, 4.69) is 15.6 Å². The van der Waals surface area contributed by atoms with Gasteiger partial charge < -0.3 is 25.3 Å². The first-order valence-electron chi connectivity index (χ1n) is 14.1. The summed E-state index contributed by atoms with van der Waals surface area (Å²) in [6.07, 6.45) is 1.07. The van der Waals surface area contributed by atoms with Crippen LogP contribution in [0.1, 0.15) is 59.1 Å². The van der Waals surface area contributed by atoms with Gasteiger partial charge in [0.1, 0.15) is 17.8 Å². The van der Waals surface area contributed by atoms with Crippen molar-refractivity contribution in [2.24, 2.45) is 5.92 Å². The molecule has 3 aromatic carbocycles. The number of nitrogens with one attached hydrogen (secondary N) is 3. The average Bonchev–Trinajstić information content (AvgIpc) is 3.53. The van der Waals surface area contributed by atoms with Crippen molar-refractivity contribution in [2.45, 2.75) is 51.4 Å². The normalized spacial score (nSPS) is 18.7. The minimum atomic E-state index is -0.757. The van der Waals surface area contributed by atoms with Gasteiger partial charge in [0.15, 0.2) is 0 Å². The van der Waals surface area contributed by atoms with Gasteiger partial charge in [0.25, 0.3) is 5.91 Å². The number of amides is 3. The number of H-pyrrole nitrogens is 1. The van der Waals surface area contributed by atoms with Crippen molar-refractivity contribution in [3.05, 3.63) is 101 Å². The molecule has 4 aromatic rings. The Balaban J connectivity index is 1.29. The molecule has 3 amide bonds. The monoisotopic (exact) mass is 550 g/mol. The first kappa shape index (κ1) is 26.6. The van der Waals surface area contributed by atoms with Crippen LogP contribution in [0.5, 0.6) is 5.75 Å². The number of aromatic amines is 1. The lowest BCUT2D eigenvalue weighted by Gasteiger charge is -2.38. The first-order chi connectivity index (χ1) is 19.9. The quantitative estimate of drug-likeness (QED) is 0.301. The van der Waals surface area contributed by atoms with E-state index in [0.717, 1.165) is 39.0 Å². The molecule has 4 atom stereocenters. The summed E-state index contributed by atoms with van der Waals surface area (Å²) in [5, 5.41) is 7.08. The SMILES string of the molecule is CC[C@H](C)[C@H](NC(=O)[C@@H]1Cc2c([nH]c3ccccc23)[C@H]2c3ccccc3C(=O)N21)C(=O)NCc1ccc(OC)cc1. The highest BCUT2D eigenvalue weighted by Gasteiger charge is 2.49. The third-order valence-corrected chi connectivity index (χ3v) is 8.57. The number of hydrogen-bond donors (Lipinski definition) is 3. The van der Waals surface area contributed by atoms with Crippen molar-refractivity contribution in [1.82, 2.24) is 20.5 Å². The molecule has 2 aliphatic heterocycles. The fraction of sp³-hybridized carbons (Fsp3) is 0.303. The van der Waals surface area contributed by atoms with Gasteiger partial charge in [0, 0.05) is 35.1 Å². The van der Waals surface area contributed by atoms with Crippen molar-refractivity contribution in [2.75, 3.05) is 7.11 Å². The van der Waals surface area contributed by atoms with Gasteiger partial charge in [-0.3, -0.25) is 14.4 Å². The zero-order valence-corrected chi connectivity index (χ0v) is 23.4. The number of carbonyl (C=O) groups excluding carboxylic acids is 3. The third kappa shape index (κ3) is 4.63. The second kappa shape index (κ2) is 10.8. The van der Waals surface area contributed by atoms with Crippen LogP contribution in [0, 0.1) is 5.92 Å².